The van der Waals surface area contributed by atoms with E-state index in [2.05, 4.69) is 15.3 Å². The minimum Gasteiger partial charge on any atom is -0.304 e. The Bertz CT molecular complexity index is 473. The van der Waals surface area contributed by atoms with Gasteiger partial charge in [0.05, 0.1) is 5.69 Å². The molecular weight excluding hydrogens is 217 g/mol. The molecule has 1 heterocycles. The summed E-state index contributed by atoms with van der Waals surface area (Å²) >= 11 is 0. The summed E-state index contributed by atoms with van der Waals surface area (Å²) in [5, 5.41) is 3.21. The second-order valence-electron chi connectivity index (χ2n) is 3.82. The molecule has 1 unspecified atom stereocenters. The van der Waals surface area contributed by atoms with E-state index in [-0.39, 0.29) is 11.9 Å². The number of nitrogens with zero attached hydrogens (tertiary/aromatic N) is 2. The molecule has 4 heteroatoms. The summed E-state index contributed by atoms with van der Waals surface area (Å²) in [7, 11) is 0. The van der Waals surface area contributed by atoms with Gasteiger partial charge in [-0.25, -0.2) is 4.39 Å². The zero-order chi connectivity index (χ0) is 12.1. The molecule has 1 aromatic carbocycles. The molecule has 0 saturated carbocycles. The first kappa shape index (κ1) is 11.7. The third-order valence-corrected chi connectivity index (χ3v) is 2.58. The smallest absolute Gasteiger partial charge is 0.127 e. The van der Waals surface area contributed by atoms with Gasteiger partial charge in [0.1, 0.15) is 5.82 Å². The molecule has 1 aromatic heterocycles. The van der Waals surface area contributed by atoms with Gasteiger partial charge in [0, 0.05) is 36.7 Å². The van der Waals surface area contributed by atoms with Crippen LogP contribution in [0.25, 0.3) is 0 Å². The lowest BCUT2D eigenvalue weighted by molar-refractivity contribution is 0.524. The third-order valence-electron chi connectivity index (χ3n) is 2.58. The van der Waals surface area contributed by atoms with E-state index in [9.17, 15) is 4.39 Å². The molecule has 0 spiro atoms. The molecule has 3 nitrogen and oxygen atoms in total. The molecule has 1 atom stereocenters. The highest BCUT2D eigenvalue weighted by Gasteiger charge is 2.09. The fraction of sp³-hybridized carbons (Fsp3) is 0.231. The molecule has 0 bridgehead atoms. The van der Waals surface area contributed by atoms with Crippen molar-refractivity contribution in [3.63, 3.8) is 0 Å². The number of halogens is 1. The van der Waals surface area contributed by atoms with Crippen LogP contribution in [0.3, 0.4) is 0 Å². The average molecular weight is 231 g/mol. The largest absolute Gasteiger partial charge is 0.304 e. The molecule has 2 rings (SSSR count). The highest BCUT2D eigenvalue weighted by Crippen LogP contribution is 2.16. The predicted molar refractivity (Wildman–Crippen MR) is 63.7 cm³/mol. The van der Waals surface area contributed by atoms with Crippen LogP contribution in [0.1, 0.15) is 24.2 Å². The van der Waals surface area contributed by atoms with Gasteiger partial charge in [-0.15, -0.1) is 0 Å². The van der Waals surface area contributed by atoms with Crippen molar-refractivity contribution in [2.45, 2.75) is 19.5 Å². The SMILES string of the molecule is CC(NCc1cnccn1)c1ccccc1F. The number of hydrogen-bond acceptors (Lipinski definition) is 3. The Morgan fingerprint density at radius 2 is 2.12 bits per heavy atom. The molecule has 0 aliphatic carbocycles. The van der Waals surface area contributed by atoms with Crippen LogP contribution in [0.15, 0.2) is 42.9 Å². The zero-order valence-corrected chi connectivity index (χ0v) is 9.60. The van der Waals surface area contributed by atoms with Crippen molar-refractivity contribution in [1.82, 2.24) is 15.3 Å². The number of benzene rings is 1. The second kappa shape index (κ2) is 5.50. The summed E-state index contributed by atoms with van der Waals surface area (Å²) in [6.07, 6.45) is 4.97. The van der Waals surface area contributed by atoms with Gasteiger partial charge in [0.25, 0.3) is 0 Å². The molecule has 0 amide bonds. The summed E-state index contributed by atoms with van der Waals surface area (Å²) < 4.78 is 13.5. The van der Waals surface area contributed by atoms with E-state index in [0.29, 0.717) is 12.1 Å². The van der Waals surface area contributed by atoms with Crippen molar-refractivity contribution in [2.75, 3.05) is 0 Å². The van der Waals surface area contributed by atoms with Gasteiger partial charge in [-0.3, -0.25) is 9.97 Å². The number of rotatable bonds is 4. The van der Waals surface area contributed by atoms with Crippen molar-refractivity contribution in [3.8, 4) is 0 Å². The Morgan fingerprint density at radius 1 is 1.29 bits per heavy atom. The van der Waals surface area contributed by atoms with E-state index in [0.717, 1.165) is 5.69 Å². The fourth-order valence-electron chi connectivity index (χ4n) is 1.62. The lowest BCUT2D eigenvalue weighted by Gasteiger charge is -2.14. The average Bonchev–Trinajstić information content (AvgIpc) is 2.38. The molecule has 17 heavy (non-hydrogen) atoms. The molecule has 1 N–H and O–H groups in total. The summed E-state index contributed by atoms with van der Waals surface area (Å²) in [4.78, 5) is 8.12. The summed E-state index contributed by atoms with van der Waals surface area (Å²) in [5.41, 5.74) is 1.51. The summed E-state index contributed by atoms with van der Waals surface area (Å²) in [6, 6.07) is 6.71. The molecule has 0 aliphatic heterocycles. The quantitative estimate of drug-likeness (QED) is 0.878. The van der Waals surface area contributed by atoms with Crippen molar-refractivity contribution in [2.24, 2.45) is 0 Å². The van der Waals surface area contributed by atoms with Crippen LogP contribution in [0.2, 0.25) is 0 Å². The van der Waals surface area contributed by atoms with Gasteiger partial charge in [0.2, 0.25) is 0 Å². The Hall–Kier alpha value is -1.81. The van der Waals surface area contributed by atoms with E-state index < -0.39 is 0 Å². The lowest BCUT2D eigenvalue weighted by Crippen LogP contribution is -2.19. The fourth-order valence-corrected chi connectivity index (χ4v) is 1.62. The van der Waals surface area contributed by atoms with Crippen LogP contribution in [-0.4, -0.2) is 9.97 Å². The molecule has 2 aromatic rings. The Morgan fingerprint density at radius 3 is 2.82 bits per heavy atom. The summed E-state index contributed by atoms with van der Waals surface area (Å²) in [6.45, 7) is 2.50. The molecule has 88 valence electrons. The Labute approximate surface area is 99.7 Å². The zero-order valence-electron chi connectivity index (χ0n) is 9.60. The van der Waals surface area contributed by atoms with Gasteiger partial charge in [-0.05, 0) is 13.0 Å². The predicted octanol–water partition coefficient (Wildman–Crippen LogP) is 2.47. The first-order chi connectivity index (χ1) is 8.27. The van der Waals surface area contributed by atoms with Gasteiger partial charge in [0.15, 0.2) is 0 Å². The van der Waals surface area contributed by atoms with Crippen molar-refractivity contribution in [1.29, 1.82) is 0 Å². The standard InChI is InChI=1S/C13H14FN3/c1-10(12-4-2-3-5-13(12)14)17-9-11-8-15-6-7-16-11/h2-8,10,17H,9H2,1H3. The molecule has 0 aliphatic rings. The molecule has 0 saturated heterocycles. The maximum absolute atomic E-state index is 13.5. The normalized spacial score (nSPS) is 12.4. The van der Waals surface area contributed by atoms with E-state index in [1.165, 1.54) is 6.07 Å². The molecule has 0 radical (unpaired) electrons. The highest BCUT2D eigenvalue weighted by atomic mass is 19.1. The van der Waals surface area contributed by atoms with E-state index in [1.54, 1.807) is 30.7 Å². The lowest BCUT2D eigenvalue weighted by atomic mass is 10.1. The van der Waals surface area contributed by atoms with Crippen LogP contribution in [-0.2, 0) is 6.54 Å². The van der Waals surface area contributed by atoms with Crippen molar-refractivity contribution >= 4 is 0 Å². The van der Waals surface area contributed by atoms with Crippen LogP contribution >= 0.6 is 0 Å². The maximum atomic E-state index is 13.5. The first-order valence-electron chi connectivity index (χ1n) is 5.50. The van der Waals surface area contributed by atoms with Crippen LogP contribution < -0.4 is 5.32 Å². The van der Waals surface area contributed by atoms with Crippen molar-refractivity contribution < 1.29 is 4.39 Å². The van der Waals surface area contributed by atoms with E-state index in [4.69, 9.17) is 0 Å². The van der Waals surface area contributed by atoms with Crippen molar-refractivity contribution in [3.05, 3.63) is 59.9 Å². The van der Waals surface area contributed by atoms with Gasteiger partial charge < -0.3 is 5.32 Å². The molecule has 0 fully saturated rings. The number of nitrogens with one attached hydrogen (secondary N) is 1. The third kappa shape index (κ3) is 3.07. The first-order valence-corrected chi connectivity index (χ1v) is 5.50. The maximum Gasteiger partial charge on any atom is 0.127 e. The number of aromatic nitrogens is 2. The minimum absolute atomic E-state index is 0.0572. The topological polar surface area (TPSA) is 37.8 Å². The van der Waals surface area contributed by atoms with E-state index >= 15 is 0 Å². The minimum atomic E-state index is -0.188. The number of hydrogen-bond donors (Lipinski definition) is 1. The second-order valence-corrected chi connectivity index (χ2v) is 3.82. The van der Waals surface area contributed by atoms with E-state index in [1.807, 2.05) is 13.0 Å². The Kier molecular flexibility index (Phi) is 3.77. The van der Waals surface area contributed by atoms with Crippen LogP contribution in [0.4, 0.5) is 4.39 Å². The Balaban J connectivity index is 1.99. The monoisotopic (exact) mass is 231 g/mol. The van der Waals surface area contributed by atoms with Gasteiger partial charge >= 0.3 is 0 Å². The van der Waals surface area contributed by atoms with Crippen LogP contribution in [0, 0.1) is 5.82 Å². The molecular formula is C13H14FN3. The summed E-state index contributed by atoms with van der Waals surface area (Å²) in [5.74, 6) is -0.188. The van der Waals surface area contributed by atoms with Gasteiger partial charge in [-0.1, -0.05) is 18.2 Å². The van der Waals surface area contributed by atoms with Gasteiger partial charge in [-0.2, -0.15) is 0 Å². The van der Waals surface area contributed by atoms with Crippen LogP contribution in [0.5, 0.6) is 0 Å². The highest BCUT2D eigenvalue weighted by molar-refractivity contribution is 5.20.